The lowest BCUT2D eigenvalue weighted by Crippen LogP contribution is -2.50. The highest BCUT2D eigenvalue weighted by Gasteiger charge is 2.35. The lowest BCUT2D eigenvalue weighted by Gasteiger charge is -2.31. The minimum atomic E-state index is -0.896. The minimum absolute atomic E-state index is 0.125. The van der Waals surface area contributed by atoms with Crippen LogP contribution in [0.2, 0.25) is 0 Å². The van der Waals surface area contributed by atoms with E-state index in [1.54, 1.807) is 6.92 Å². The summed E-state index contributed by atoms with van der Waals surface area (Å²) >= 11 is 0. The van der Waals surface area contributed by atoms with Gasteiger partial charge in [-0.3, -0.25) is 4.79 Å². The number of hydrogen-bond donors (Lipinski definition) is 2. The summed E-state index contributed by atoms with van der Waals surface area (Å²) < 4.78 is 2.26. The standard InChI is InChI=1S/C16H27N3O2/c1-5-17-16(4,15(20)21)10-11(2)19-12(3)18-13-8-6-7-9-14(13)19/h11,17H,5-10H2,1-4H3,(H,20,21). The number of likely N-dealkylation sites (N-methyl/N-ethyl adjacent to an activating group) is 1. The Hall–Kier alpha value is -1.36. The molecule has 0 bridgehead atoms. The lowest BCUT2D eigenvalue weighted by atomic mass is 9.92. The second-order valence-corrected chi connectivity index (χ2v) is 6.35. The maximum absolute atomic E-state index is 11.6. The van der Waals surface area contributed by atoms with Crippen LogP contribution in [0.15, 0.2) is 0 Å². The molecular formula is C16H27N3O2. The van der Waals surface area contributed by atoms with Crippen LogP contribution in [0.5, 0.6) is 0 Å². The summed E-state index contributed by atoms with van der Waals surface area (Å²) in [6.45, 7) is 8.49. The largest absolute Gasteiger partial charge is 0.480 e. The van der Waals surface area contributed by atoms with Gasteiger partial charge in [-0.15, -0.1) is 0 Å². The Morgan fingerprint density at radius 3 is 2.76 bits per heavy atom. The molecule has 1 aromatic heterocycles. The number of rotatable bonds is 6. The van der Waals surface area contributed by atoms with Gasteiger partial charge in [0, 0.05) is 11.7 Å². The molecule has 0 amide bonds. The number of aryl methyl sites for hydroxylation is 2. The monoisotopic (exact) mass is 293 g/mol. The first-order valence-corrected chi connectivity index (χ1v) is 7.94. The zero-order valence-corrected chi connectivity index (χ0v) is 13.6. The zero-order chi connectivity index (χ0) is 15.6. The van der Waals surface area contributed by atoms with E-state index in [1.165, 1.54) is 24.2 Å². The van der Waals surface area contributed by atoms with Crippen LogP contribution in [-0.2, 0) is 17.6 Å². The number of aliphatic carboxylic acids is 1. The van der Waals surface area contributed by atoms with Crippen molar-refractivity contribution >= 4 is 5.97 Å². The number of nitrogens with zero attached hydrogens (tertiary/aromatic N) is 2. The molecule has 2 rings (SSSR count). The second kappa shape index (κ2) is 6.18. The Labute approximate surface area is 126 Å². The average Bonchev–Trinajstić information content (AvgIpc) is 2.74. The fraction of sp³-hybridized carbons (Fsp3) is 0.750. The summed E-state index contributed by atoms with van der Waals surface area (Å²) in [7, 11) is 0. The van der Waals surface area contributed by atoms with E-state index in [-0.39, 0.29) is 6.04 Å². The van der Waals surface area contributed by atoms with Gasteiger partial charge in [0.15, 0.2) is 0 Å². The van der Waals surface area contributed by atoms with Crippen molar-refractivity contribution in [2.75, 3.05) is 6.54 Å². The second-order valence-electron chi connectivity index (χ2n) is 6.35. The molecule has 0 aliphatic heterocycles. The predicted octanol–water partition coefficient (Wildman–Crippen LogP) is 2.47. The molecule has 5 heteroatoms. The van der Waals surface area contributed by atoms with Crippen LogP contribution in [0.3, 0.4) is 0 Å². The molecule has 5 nitrogen and oxygen atoms in total. The van der Waals surface area contributed by atoms with Crippen molar-refractivity contribution in [3.63, 3.8) is 0 Å². The molecule has 0 saturated carbocycles. The van der Waals surface area contributed by atoms with Crippen LogP contribution >= 0.6 is 0 Å². The first kappa shape index (κ1) is 16.0. The number of carboxylic acid groups (broad SMARTS) is 1. The highest BCUT2D eigenvalue weighted by molar-refractivity contribution is 5.78. The topological polar surface area (TPSA) is 67.2 Å². The molecule has 1 aromatic rings. The molecule has 0 aromatic carbocycles. The highest BCUT2D eigenvalue weighted by Crippen LogP contribution is 2.29. The van der Waals surface area contributed by atoms with Gasteiger partial charge < -0.3 is 15.0 Å². The summed E-state index contributed by atoms with van der Waals surface area (Å²) in [5, 5.41) is 12.6. The molecule has 21 heavy (non-hydrogen) atoms. The maximum atomic E-state index is 11.6. The van der Waals surface area contributed by atoms with Gasteiger partial charge in [-0.25, -0.2) is 4.98 Å². The van der Waals surface area contributed by atoms with Crippen molar-refractivity contribution in [3.8, 4) is 0 Å². The van der Waals surface area contributed by atoms with Crippen LogP contribution in [0.4, 0.5) is 0 Å². The Morgan fingerprint density at radius 1 is 1.48 bits per heavy atom. The fourth-order valence-electron chi connectivity index (χ4n) is 3.59. The summed E-state index contributed by atoms with van der Waals surface area (Å²) in [4.78, 5) is 16.3. The fourth-order valence-corrected chi connectivity index (χ4v) is 3.59. The molecule has 1 aliphatic rings. The van der Waals surface area contributed by atoms with Gasteiger partial charge >= 0.3 is 5.97 Å². The van der Waals surface area contributed by atoms with Crippen LogP contribution in [0.25, 0.3) is 0 Å². The molecule has 0 saturated heterocycles. The van der Waals surface area contributed by atoms with Gasteiger partial charge in [0.05, 0.1) is 5.69 Å². The van der Waals surface area contributed by atoms with E-state index < -0.39 is 11.5 Å². The molecule has 2 unspecified atom stereocenters. The lowest BCUT2D eigenvalue weighted by molar-refractivity contribution is -0.144. The van der Waals surface area contributed by atoms with Crippen LogP contribution < -0.4 is 5.32 Å². The molecule has 2 atom stereocenters. The van der Waals surface area contributed by atoms with Crippen molar-refractivity contribution in [1.82, 2.24) is 14.9 Å². The van der Waals surface area contributed by atoms with Gasteiger partial charge in [0.2, 0.25) is 0 Å². The van der Waals surface area contributed by atoms with Gasteiger partial charge in [-0.05, 0) is 59.4 Å². The van der Waals surface area contributed by atoms with Crippen LogP contribution in [0.1, 0.15) is 63.3 Å². The van der Waals surface area contributed by atoms with Gasteiger partial charge in [-0.1, -0.05) is 6.92 Å². The van der Waals surface area contributed by atoms with E-state index in [1.807, 2.05) is 13.8 Å². The zero-order valence-electron chi connectivity index (χ0n) is 13.6. The van der Waals surface area contributed by atoms with E-state index in [9.17, 15) is 9.90 Å². The molecule has 118 valence electrons. The number of nitrogens with one attached hydrogen (secondary N) is 1. The summed E-state index contributed by atoms with van der Waals surface area (Å²) in [5.74, 6) is 0.224. The predicted molar refractivity (Wildman–Crippen MR) is 82.7 cm³/mol. The Bertz CT molecular complexity index is 524. The average molecular weight is 293 g/mol. The third-order valence-electron chi connectivity index (χ3n) is 4.53. The maximum Gasteiger partial charge on any atom is 0.323 e. The summed E-state index contributed by atoms with van der Waals surface area (Å²) in [5.41, 5.74) is 1.63. The molecule has 2 N–H and O–H groups in total. The van der Waals surface area contributed by atoms with E-state index in [0.717, 1.165) is 18.7 Å². The number of aromatic nitrogens is 2. The third kappa shape index (κ3) is 3.12. The number of carboxylic acids is 1. The third-order valence-corrected chi connectivity index (χ3v) is 4.53. The van der Waals surface area contributed by atoms with E-state index in [2.05, 4.69) is 21.8 Å². The number of imidazole rings is 1. The quantitative estimate of drug-likeness (QED) is 0.845. The molecule has 1 aliphatic carbocycles. The normalized spacial score (nSPS) is 18.9. The molecule has 1 heterocycles. The van der Waals surface area contributed by atoms with Crippen molar-refractivity contribution in [2.45, 2.75) is 71.4 Å². The Morgan fingerprint density at radius 2 is 2.14 bits per heavy atom. The van der Waals surface area contributed by atoms with Crippen molar-refractivity contribution in [3.05, 3.63) is 17.2 Å². The van der Waals surface area contributed by atoms with Gasteiger partial charge in [-0.2, -0.15) is 0 Å². The van der Waals surface area contributed by atoms with Crippen molar-refractivity contribution in [1.29, 1.82) is 0 Å². The Balaban J connectivity index is 2.26. The van der Waals surface area contributed by atoms with E-state index in [4.69, 9.17) is 0 Å². The SMILES string of the molecule is CCNC(C)(CC(C)n1c(C)nc2c1CCCC2)C(=O)O. The van der Waals surface area contributed by atoms with Gasteiger partial charge in [0.25, 0.3) is 0 Å². The van der Waals surface area contributed by atoms with E-state index >= 15 is 0 Å². The van der Waals surface area contributed by atoms with Crippen LogP contribution in [-0.4, -0.2) is 32.7 Å². The van der Waals surface area contributed by atoms with Gasteiger partial charge in [0.1, 0.15) is 11.4 Å². The van der Waals surface area contributed by atoms with Crippen molar-refractivity contribution < 1.29 is 9.90 Å². The first-order chi connectivity index (χ1) is 9.89. The molecule has 0 radical (unpaired) electrons. The van der Waals surface area contributed by atoms with E-state index in [0.29, 0.717) is 13.0 Å². The number of hydrogen-bond acceptors (Lipinski definition) is 3. The highest BCUT2D eigenvalue weighted by atomic mass is 16.4. The first-order valence-electron chi connectivity index (χ1n) is 7.94. The molecule has 0 spiro atoms. The number of carbonyl (C=O) groups is 1. The molecular weight excluding hydrogens is 266 g/mol. The summed E-state index contributed by atoms with van der Waals surface area (Å²) in [6.07, 6.45) is 5.08. The Kier molecular flexibility index (Phi) is 4.71. The number of fused-ring (bicyclic) bond motifs is 1. The van der Waals surface area contributed by atoms with Crippen LogP contribution in [0, 0.1) is 6.92 Å². The minimum Gasteiger partial charge on any atom is -0.480 e. The smallest absolute Gasteiger partial charge is 0.323 e. The van der Waals surface area contributed by atoms with Crippen molar-refractivity contribution in [2.24, 2.45) is 0 Å². The molecule has 0 fully saturated rings. The summed E-state index contributed by atoms with van der Waals surface area (Å²) in [6, 6.07) is 0.125.